The van der Waals surface area contributed by atoms with Crippen molar-refractivity contribution in [3.63, 3.8) is 0 Å². The Kier molecular flexibility index (Phi) is 3.50. The molecule has 0 spiro atoms. The van der Waals surface area contributed by atoms with E-state index in [1.165, 1.54) is 0 Å². The number of nitrogens with zero attached hydrogens (tertiary/aromatic N) is 3. The smallest absolute Gasteiger partial charge is 0.253 e. The number of benzene rings is 2. The van der Waals surface area contributed by atoms with Crippen LogP contribution >= 0.6 is 0 Å². The Morgan fingerprint density at radius 2 is 1.61 bits per heavy atom. The second kappa shape index (κ2) is 5.80. The van der Waals surface area contributed by atoms with E-state index in [0.717, 1.165) is 53.7 Å². The molecule has 4 rings (SSSR count). The van der Waals surface area contributed by atoms with Crippen LogP contribution < -0.4 is 0 Å². The molecule has 1 aliphatic rings. The third-order valence-corrected chi connectivity index (χ3v) is 4.31. The van der Waals surface area contributed by atoms with Crippen molar-refractivity contribution in [1.29, 1.82) is 0 Å². The molecule has 4 heteroatoms. The lowest BCUT2D eigenvalue weighted by atomic mass is 10.0. The Hall–Kier alpha value is -2.75. The SMILES string of the molecule is O=C(c1cccc(-c2ccc3nccnc3c2)c1)N1CCCC1. The zero-order valence-electron chi connectivity index (χ0n) is 12.8. The van der Waals surface area contributed by atoms with Crippen LogP contribution in [0.2, 0.25) is 0 Å². The minimum Gasteiger partial charge on any atom is -0.339 e. The van der Waals surface area contributed by atoms with Gasteiger partial charge in [-0.15, -0.1) is 0 Å². The van der Waals surface area contributed by atoms with E-state index in [1.54, 1.807) is 12.4 Å². The number of rotatable bonds is 2. The molecule has 0 unspecified atom stereocenters. The molecule has 1 amide bonds. The first kappa shape index (κ1) is 13.9. The third kappa shape index (κ3) is 2.68. The van der Waals surface area contributed by atoms with Crippen LogP contribution in [-0.2, 0) is 0 Å². The fourth-order valence-electron chi connectivity index (χ4n) is 3.08. The topological polar surface area (TPSA) is 46.1 Å². The van der Waals surface area contributed by atoms with Crippen LogP contribution in [0.15, 0.2) is 54.9 Å². The molecule has 0 atom stereocenters. The van der Waals surface area contributed by atoms with Crippen molar-refractivity contribution in [2.45, 2.75) is 12.8 Å². The fourth-order valence-corrected chi connectivity index (χ4v) is 3.08. The zero-order chi connectivity index (χ0) is 15.6. The predicted octanol–water partition coefficient (Wildman–Crippen LogP) is 3.53. The molecule has 0 saturated carbocycles. The molecular weight excluding hydrogens is 286 g/mol. The van der Waals surface area contributed by atoms with Crippen molar-refractivity contribution >= 4 is 16.9 Å². The van der Waals surface area contributed by atoms with Crippen LogP contribution in [0.3, 0.4) is 0 Å². The Bertz CT molecular complexity index is 869. The molecule has 0 aliphatic carbocycles. The van der Waals surface area contributed by atoms with Crippen LogP contribution in [-0.4, -0.2) is 33.9 Å². The van der Waals surface area contributed by atoms with Crippen LogP contribution in [0.4, 0.5) is 0 Å². The van der Waals surface area contributed by atoms with Crippen molar-refractivity contribution in [1.82, 2.24) is 14.9 Å². The summed E-state index contributed by atoms with van der Waals surface area (Å²) < 4.78 is 0. The van der Waals surface area contributed by atoms with Gasteiger partial charge in [-0.3, -0.25) is 14.8 Å². The molecule has 3 aromatic rings. The van der Waals surface area contributed by atoms with E-state index in [0.29, 0.717) is 0 Å². The van der Waals surface area contributed by atoms with Gasteiger partial charge in [-0.1, -0.05) is 18.2 Å². The van der Waals surface area contributed by atoms with E-state index in [2.05, 4.69) is 9.97 Å². The van der Waals surface area contributed by atoms with Gasteiger partial charge in [0.05, 0.1) is 11.0 Å². The Balaban J connectivity index is 1.70. The largest absolute Gasteiger partial charge is 0.339 e. The van der Waals surface area contributed by atoms with Crippen LogP contribution in [0.25, 0.3) is 22.2 Å². The van der Waals surface area contributed by atoms with Gasteiger partial charge in [-0.05, 0) is 48.2 Å². The Morgan fingerprint density at radius 1 is 0.870 bits per heavy atom. The van der Waals surface area contributed by atoms with Crippen LogP contribution in [0.5, 0.6) is 0 Å². The molecule has 0 N–H and O–H groups in total. The van der Waals surface area contributed by atoms with Crippen LogP contribution in [0.1, 0.15) is 23.2 Å². The van der Waals surface area contributed by atoms with Gasteiger partial charge in [0.25, 0.3) is 5.91 Å². The van der Waals surface area contributed by atoms with E-state index in [4.69, 9.17) is 0 Å². The summed E-state index contributed by atoms with van der Waals surface area (Å²) >= 11 is 0. The molecular formula is C19H17N3O. The Morgan fingerprint density at radius 3 is 2.43 bits per heavy atom. The molecule has 114 valence electrons. The number of hydrogen-bond donors (Lipinski definition) is 0. The van der Waals surface area contributed by atoms with Gasteiger partial charge in [0.15, 0.2) is 0 Å². The van der Waals surface area contributed by atoms with Gasteiger partial charge in [0, 0.05) is 31.0 Å². The first-order valence-electron chi connectivity index (χ1n) is 7.92. The molecule has 1 saturated heterocycles. The summed E-state index contributed by atoms with van der Waals surface area (Å²) in [5, 5.41) is 0. The number of carbonyl (C=O) groups is 1. The molecule has 2 aromatic carbocycles. The minimum atomic E-state index is 0.130. The second-order valence-electron chi connectivity index (χ2n) is 5.84. The minimum absolute atomic E-state index is 0.130. The first-order chi connectivity index (χ1) is 11.3. The summed E-state index contributed by atoms with van der Waals surface area (Å²) in [4.78, 5) is 23.1. The number of hydrogen-bond acceptors (Lipinski definition) is 3. The average molecular weight is 303 g/mol. The van der Waals surface area contributed by atoms with Crippen molar-refractivity contribution in [3.05, 3.63) is 60.4 Å². The zero-order valence-corrected chi connectivity index (χ0v) is 12.8. The summed E-state index contributed by atoms with van der Waals surface area (Å²) in [6, 6.07) is 13.8. The third-order valence-electron chi connectivity index (χ3n) is 4.31. The molecule has 2 heterocycles. The molecule has 0 bridgehead atoms. The monoisotopic (exact) mass is 303 g/mol. The summed E-state index contributed by atoms with van der Waals surface area (Å²) in [5.41, 5.74) is 4.57. The number of aromatic nitrogens is 2. The van der Waals surface area contributed by atoms with E-state index >= 15 is 0 Å². The highest BCUT2D eigenvalue weighted by atomic mass is 16.2. The van der Waals surface area contributed by atoms with Gasteiger partial charge in [-0.2, -0.15) is 0 Å². The first-order valence-corrected chi connectivity index (χ1v) is 7.92. The number of likely N-dealkylation sites (tertiary alicyclic amines) is 1. The lowest BCUT2D eigenvalue weighted by Gasteiger charge is -2.15. The number of carbonyl (C=O) groups excluding carboxylic acids is 1. The maximum Gasteiger partial charge on any atom is 0.253 e. The van der Waals surface area contributed by atoms with Crippen molar-refractivity contribution in [2.75, 3.05) is 13.1 Å². The van der Waals surface area contributed by atoms with Crippen molar-refractivity contribution in [3.8, 4) is 11.1 Å². The van der Waals surface area contributed by atoms with Gasteiger partial charge < -0.3 is 4.90 Å². The van der Waals surface area contributed by atoms with E-state index in [1.807, 2.05) is 47.4 Å². The fraction of sp³-hybridized carbons (Fsp3) is 0.211. The lowest BCUT2D eigenvalue weighted by Crippen LogP contribution is -2.27. The number of fused-ring (bicyclic) bond motifs is 1. The molecule has 23 heavy (non-hydrogen) atoms. The van der Waals surface area contributed by atoms with Crippen molar-refractivity contribution in [2.24, 2.45) is 0 Å². The normalized spacial score (nSPS) is 14.3. The number of amides is 1. The quantitative estimate of drug-likeness (QED) is 0.727. The maximum absolute atomic E-state index is 12.5. The Labute approximate surface area is 134 Å². The highest BCUT2D eigenvalue weighted by Crippen LogP contribution is 2.24. The van der Waals surface area contributed by atoms with Gasteiger partial charge in [0.2, 0.25) is 0 Å². The summed E-state index contributed by atoms with van der Waals surface area (Å²) in [6.07, 6.45) is 5.60. The molecule has 4 nitrogen and oxygen atoms in total. The van der Waals surface area contributed by atoms with Gasteiger partial charge in [-0.25, -0.2) is 0 Å². The van der Waals surface area contributed by atoms with Gasteiger partial charge in [0.1, 0.15) is 0 Å². The average Bonchev–Trinajstić information content (AvgIpc) is 3.15. The molecule has 1 aromatic heterocycles. The van der Waals surface area contributed by atoms with E-state index < -0.39 is 0 Å². The van der Waals surface area contributed by atoms with E-state index in [-0.39, 0.29) is 5.91 Å². The summed E-state index contributed by atoms with van der Waals surface area (Å²) in [5.74, 6) is 0.130. The second-order valence-corrected chi connectivity index (χ2v) is 5.84. The molecule has 0 radical (unpaired) electrons. The van der Waals surface area contributed by atoms with Crippen molar-refractivity contribution < 1.29 is 4.79 Å². The highest BCUT2D eigenvalue weighted by Gasteiger charge is 2.19. The maximum atomic E-state index is 12.5. The van der Waals surface area contributed by atoms with Crippen LogP contribution in [0, 0.1) is 0 Å². The summed E-state index contributed by atoms with van der Waals surface area (Å²) in [6.45, 7) is 1.74. The van der Waals surface area contributed by atoms with E-state index in [9.17, 15) is 4.79 Å². The standard InChI is InChI=1S/C19H17N3O/c23-19(22-10-1-2-11-22)16-5-3-4-14(12-16)15-6-7-17-18(13-15)21-9-8-20-17/h3-9,12-13H,1-2,10-11H2. The molecule has 1 fully saturated rings. The highest BCUT2D eigenvalue weighted by molar-refractivity contribution is 5.96. The lowest BCUT2D eigenvalue weighted by molar-refractivity contribution is 0.0793. The summed E-state index contributed by atoms with van der Waals surface area (Å²) in [7, 11) is 0. The predicted molar refractivity (Wildman–Crippen MR) is 90.1 cm³/mol. The van der Waals surface area contributed by atoms with Gasteiger partial charge >= 0.3 is 0 Å². The molecule has 1 aliphatic heterocycles.